The molecule has 128 valence electrons. The molecule has 0 saturated carbocycles. The molecular formula is C19H24N2O3. The number of hydrogen-bond acceptors (Lipinski definition) is 5. The predicted molar refractivity (Wildman–Crippen MR) is 92.1 cm³/mol. The number of methoxy groups -OCH3 is 1. The average molecular weight is 328 g/mol. The molecule has 0 aliphatic carbocycles. The summed E-state index contributed by atoms with van der Waals surface area (Å²) < 4.78 is 11.3. The summed E-state index contributed by atoms with van der Waals surface area (Å²) in [5.74, 6) is 1.46. The molecule has 1 aliphatic heterocycles. The van der Waals surface area contributed by atoms with E-state index in [-0.39, 0.29) is 12.6 Å². The van der Waals surface area contributed by atoms with Gasteiger partial charge in [0.2, 0.25) is 0 Å². The first-order valence-corrected chi connectivity index (χ1v) is 8.33. The van der Waals surface area contributed by atoms with Crippen LogP contribution in [0.15, 0.2) is 42.7 Å². The van der Waals surface area contributed by atoms with Gasteiger partial charge in [-0.3, -0.25) is 9.88 Å². The van der Waals surface area contributed by atoms with Crippen molar-refractivity contribution in [1.29, 1.82) is 0 Å². The van der Waals surface area contributed by atoms with Crippen molar-refractivity contribution in [2.45, 2.75) is 32.0 Å². The van der Waals surface area contributed by atoms with Gasteiger partial charge in [0, 0.05) is 30.5 Å². The van der Waals surface area contributed by atoms with Crippen molar-refractivity contribution in [1.82, 2.24) is 9.88 Å². The Bertz CT molecular complexity index is 648. The molecule has 0 amide bonds. The topological polar surface area (TPSA) is 54.8 Å². The van der Waals surface area contributed by atoms with Crippen LogP contribution >= 0.6 is 0 Å². The predicted octanol–water partition coefficient (Wildman–Crippen LogP) is 2.63. The second-order valence-corrected chi connectivity index (χ2v) is 6.08. The van der Waals surface area contributed by atoms with Crippen LogP contribution in [0.1, 0.15) is 24.0 Å². The summed E-state index contributed by atoms with van der Waals surface area (Å²) in [6, 6.07) is 10.2. The van der Waals surface area contributed by atoms with E-state index in [0.29, 0.717) is 6.61 Å². The van der Waals surface area contributed by atoms with Crippen LogP contribution in [0.4, 0.5) is 0 Å². The summed E-state index contributed by atoms with van der Waals surface area (Å²) in [5, 5.41) is 9.47. The van der Waals surface area contributed by atoms with Crippen molar-refractivity contribution in [3.63, 3.8) is 0 Å². The first-order chi connectivity index (χ1) is 11.8. The zero-order chi connectivity index (χ0) is 16.8. The number of likely N-dealkylation sites (tertiary alicyclic amines) is 1. The Balaban J connectivity index is 1.70. The van der Waals surface area contributed by atoms with Crippen LogP contribution in [-0.2, 0) is 13.2 Å². The minimum Gasteiger partial charge on any atom is -0.493 e. The van der Waals surface area contributed by atoms with Gasteiger partial charge in [0.25, 0.3) is 0 Å². The maximum absolute atomic E-state index is 9.47. The third kappa shape index (κ3) is 4.04. The molecule has 2 heterocycles. The number of hydrogen-bond donors (Lipinski definition) is 1. The Hall–Kier alpha value is -2.11. The fourth-order valence-electron chi connectivity index (χ4n) is 3.12. The van der Waals surface area contributed by atoms with E-state index in [2.05, 4.69) is 16.0 Å². The third-order valence-electron chi connectivity index (χ3n) is 4.44. The average Bonchev–Trinajstić information content (AvgIpc) is 3.08. The molecule has 0 radical (unpaired) electrons. The van der Waals surface area contributed by atoms with Crippen molar-refractivity contribution in [3.8, 4) is 11.5 Å². The second kappa shape index (κ2) is 8.13. The van der Waals surface area contributed by atoms with Gasteiger partial charge in [-0.25, -0.2) is 0 Å². The zero-order valence-corrected chi connectivity index (χ0v) is 14.0. The van der Waals surface area contributed by atoms with Gasteiger partial charge in [-0.15, -0.1) is 0 Å². The molecule has 1 atom stereocenters. The van der Waals surface area contributed by atoms with Crippen LogP contribution in [0.2, 0.25) is 0 Å². The fraction of sp³-hybridized carbons (Fsp3) is 0.421. The fourth-order valence-corrected chi connectivity index (χ4v) is 3.12. The summed E-state index contributed by atoms with van der Waals surface area (Å²) in [6.07, 6.45) is 5.76. The van der Waals surface area contributed by atoms with Gasteiger partial charge in [-0.05, 0) is 43.1 Å². The number of nitrogens with zero attached hydrogens (tertiary/aromatic N) is 2. The number of benzene rings is 1. The molecule has 0 bridgehead atoms. The molecule has 1 aromatic heterocycles. The molecule has 1 fully saturated rings. The van der Waals surface area contributed by atoms with E-state index in [1.807, 2.05) is 24.3 Å². The van der Waals surface area contributed by atoms with E-state index in [1.54, 1.807) is 19.5 Å². The van der Waals surface area contributed by atoms with E-state index in [1.165, 1.54) is 0 Å². The van der Waals surface area contributed by atoms with Crippen LogP contribution in [0.3, 0.4) is 0 Å². The lowest BCUT2D eigenvalue weighted by molar-refractivity contribution is 0.153. The number of pyridine rings is 1. The van der Waals surface area contributed by atoms with Crippen molar-refractivity contribution >= 4 is 0 Å². The summed E-state index contributed by atoms with van der Waals surface area (Å²) >= 11 is 0. The summed E-state index contributed by atoms with van der Waals surface area (Å²) in [7, 11) is 1.65. The summed E-state index contributed by atoms with van der Waals surface area (Å²) in [6.45, 7) is 2.53. The molecule has 1 aromatic carbocycles. The van der Waals surface area contributed by atoms with Crippen molar-refractivity contribution in [3.05, 3.63) is 53.9 Å². The second-order valence-electron chi connectivity index (χ2n) is 6.08. The van der Waals surface area contributed by atoms with E-state index in [0.717, 1.165) is 48.6 Å². The SMILES string of the molecule is COc1ccc(CN2CCC[C@@H]2CO)cc1OCc1cccnc1. The third-order valence-corrected chi connectivity index (χ3v) is 4.44. The standard InChI is InChI=1S/C19H24N2O3/c1-23-18-7-6-15(12-21-9-3-5-17(21)13-22)10-19(18)24-14-16-4-2-8-20-11-16/h2,4,6-8,10-11,17,22H,3,5,9,12-14H2,1H3/t17-/m1/s1. The smallest absolute Gasteiger partial charge is 0.161 e. The van der Waals surface area contributed by atoms with Gasteiger partial charge in [0.15, 0.2) is 11.5 Å². The van der Waals surface area contributed by atoms with E-state index >= 15 is 0 Å². The van der Waals surface area contributed by atoms with Crippen LogP contribution in [0.25, 0.3) is 0 Å². The lowest BCUT2D eigenvalue weighted by atomic mass is 10.1. The highest BCUT2D eigenvalue weighted by Crippen LogP contribution is 2.30. The molecule has 5 heteroatoms. The Morgan fingerprint density at radius 3 is 2.92 bits per heavy atom. The maximum Gasteiger partial charge on any atom is 0.161 e. The van der Waals surface area contributed by atoms with E-state index in [9.17, 15) is 5.11 Å². The van der Waals surface area contributed by atoms with Gasteiger partial charge in [0.05, 0.1) is 13.7 Å². The lowest BCUT2D eigenvalue weighted by Crippen LogP contribution is -2.31. The Morgan fingerprint density at radius 1 is 1.25 bits per heavy atom. The van der Waals surface area contributed by atoms with Gasteiger partial charge in [0.1, 0.15) is 6.61 Å². The molecule has 5 nitrogen and oxygen atoms in total. The number of aliphatic hydroxyl groups excluding tert-OH is 1. The van der Waals surface area contributed by atoms with E-state index in [4.69, 9.17) is 9.47 Å². The van der Waals surface area contributed by atoms with Crippen molar-refractivity contribution in [2.24, 2.45) is 0 Å². The quantitative estimate of drug-likeness (QED) is 0.847. The van der Waals surface area contributed by atoms with Crippen molar-refractivity contribution < 1.29 is 14.6 Å². The minimum atomic E-state index is 0.223. The van der Waals surface area contributed by atoms with Crippen LogP contribution < -0.4 is 9.47 Å². The molecular weight excluding hydrogens is 304 g/mol. The largest absolute Gasteiger partial charge is 0.493 e. The monoisotopic (exact) mass is 328 g/mol. The Kier molecular flexibility index (Phi) is 5.67. The maximum atomic E-state index is 9.47. The first-order valence-electron chi connectivity index (χ1n) is 8.33. The molecule has 2 aromatic rings. The van der Waals surface area contributed by atoms with Crippen molar-refractivity contribution in [2.75, 3.05) is 20.3 Å². The molecule has 0 unspecified atom stereocenters. The highest BCUT2D eigenvalue weighted by atomic mass is 16.5. The highest BCUT2D eigenvalue weighted by Gasteiger charge is 2.23. The number of rotatable bonds is 7. The molecule has 0 spiro atoms. The number of ether oxygens (including phenoxy) is 2. The summed E-state index contributed by atoms with van der Waals surface area (Å²) in [5.41, 5.74) is 2.18. The zero-order valence-electron chi connectivity index (χ0n) is 14.0. The van der Waals surface area contributed by atoms with Gasteiger partial charge in [-0.1, -0.05) is 12.1 Å². The Labute approximate surface area is 142 Å². The van der Waals surface area contributed by atoms with Crippen LogP contribution in [0.5, 0.6) is 11.5 Å². The molecule has 1 N–H and O–H groups in total. The first kappa shape index (κ1) is 16.7. The molecule has 1 saturated heterocycles. The van der Waals surface area contributed by atoms with E-state index < -0.39 is 0 Å². The normalized spacial score (nSPS) is 17.8. The molecule has 24 heavy (non-hydrogen) atoms. The highest BCUT2D eigenvalue weighted by molar-refractivity contribution is 5.43. The lowest BCUT2D eigenvalue weighted by Gasteiger charge is -2.23. The molecule has 1 aliphatic rings. The van der Waals surface area contributed by atoms with Gasteiger partial charge < -0.3 is 14.6 Å². The minimum absolute atomic E-state index is 0.223. The Morgan fingerprint density at radius 2 is 2.17 bits per heavy atom. The number of aliphatic hydroxyl groups is 1. The molecule has 3 rings (SSSR count). The van der Waals surface area contributed by atoms with Crippen LogP contribution in [-0.4, -0.2) is 41.3 Å². The van der Waals surface area contributed by atoms with Gasteiger partial charge in [-0.2, -0.15) is 0 Å². The summed E-state index contributed by atoms with van der Waals surface area (Å²) in [4.78, 5) is 6.43. The number of aromatic nitrogens is 1. The van der Waals surface area contributed by atoms with Crippen LogP contribution in [0, 0.1) is 0 Å². The van der Waals surface area contributed by atoms with Gasteiger partial charge >= 0.3 is 0 Å².